The van der Waals surface area contributed by atoms with Crippen molar-refractivity contribution in [3.05, 3.63) is 65.5 Å². The highest BCUT2D eigenvalue weighted by molar-refractivity contribution is 14.0. The topological polar surface area (TPSA) is 87.2 Å². The van der Waals surface area contributed by atoms with Gasteiger partial charge in [-0.1, -0.05) is 31.2 Å². The van der Waals surface area contributed by atoms with Crippen LogP contribution in [-0.2, 0) is 19.5 Å². The monoisotopic (exact) mass is 520 g/mol. The Morgan fingerprint density at radius 1 is 1.03 bits per heavy atom. The first kappa shape index (κ1) is 23.7. The minimum Gasteiger partial charge on any atom is -0.497 e. The van der Waals surface area contributed by atoms with Crippen LogP contribution in [0.15, 0.2) is 53.5 Å². The van der Waals surface area contributed by atoms with Crippen molar-refractivity contribution in [1.82, 2.24) is 25.8 Å². The zero-order valence-corrected chi connectivity index (χ0v) is 19.9. The molecule has 0 unspecified atom stereocenters. The Morgan fingerprint density at radius 2 is 1.77 bits per heavy atom. The van der Waals surface area contributed by atoms with Gasteiger partial charge in [0.15, 0.2) is 11.8 Å². The molecule has 8 heteroatoms. The lowest BCUT2D eigenvalue weighted by molar-refractivity contribution is 0.415. The van der Waals surface area contributed by atoms with Gasteiger partial charge >= 0.3 is 0 Å². The Kier molecular flexibility index (Phi) is 9.59. The number of nitrogens with one attached hydrogen (secondary N) is 3. The Bertz CT molecular complexity index is 939. The molecule has 3 N–H and O–H groups in total. The molecule has 0 fully saturated rings. The fourth-order valence-electron chi connectivity index (χ4n) is 2.97. The minimum atomic E-state index is 0. The van der Waals surface area contributed by atoms with E-state index in [1.165, 1.54) is 11.1 Å². The number of benzene rings is 2. The normalized spacial score (nSPS) is 11.0. The molecule has 2 aromatic carbocycles. The van der Waals surface area contributed by atoms with Crippen LogP contribution >= 0.6 is 24.0 Å². The van der Waals surface area contributed by atoms with Crippen molar-refractivity contribution in [3.63, 3.8) is 0 Å². The molecule has 0 saturated heterocycles. The number of halogens is 1. The van der Waals surface area contributed by atoms with E-state index in [0.717, 1.165) is 36.1 Å². The standard InChI is InChI=1S/C22H28N6O.HI/c1-4-16-8-6-7-9-18(16)14-24-22(23-5-2)25-15-20-26-21(28-27-20)17-10-12-19(29-3)13-11-17;/h6-13H,4-5,14-15H2,1-3H3,(H2,23,24,25)(H,26,27,28);1H. The fourth-order valence-corrected chi connectivity index (χ4v) is 2.97. The third-order valence-corrected chi connectivity index (χ3v) is 4.55. The lowest BCUT2D eigenvalue weighted by Crippen LogP contribution is -2.37. The quantitative estimate of drug-likeness (QED) is 0.238. The zero-order valence-electron chi connectivity index (χ0n) is 17.6. The van der Waals surface area contributed by atoms with Crippen LogP contribution < -0.4 is 15.4 Å². The molecule has 0 spiro atoms. The number of hydrogen-bond acceptors (Lipinski definition) is 4. The second kappa shape index (κ2) is 12.2. The molecule has 7 nitrogen and oxygen atoms in total. The van der Waals surface area contributed by atoms with Crippen LogP contribution in [0.2, 0.25) is 0 Å². The van der Waals surface area contributed by atoms with Crippen molar-refractivity contribution in [3.8, 4) is 17.1 Å². The molecule has 0 bridgehead atoms. The molecule has 0 saturated carbocycles. The average Bonchev–Trinajstić information content (AvgIpc) is 3.25. The first-order valence-corrected chi connectivity index (χ1v) is 9.88. The lowest BCUT2D eigenvalue weighted by atomic mass is 10.1. The predicted molar refractivity (Wildman–Crippen MR) is 131 cm³/mol. The van der Waals surface area contributed by atoms with Gasteiger partial charge in [0.05, 0.1) is 20.2 Å². The molecule has 3 rings (SSSR count). The van der Waals surface area contributed by atoms with E-state index in [1.54, 1.807) is 7.11 Å². The summed E-state index contributed by atoms with van der Waals surface area (Å²) in [5.74, 6) is 2.96. The molecule has 0 atom stereocenters. The Balaban J connectivity index is 0.00000320. The molecule has 0 amide bonds. The van der Waals surface area contributed by atoms with Gasteiger partial charge in [-0.05, 0) is 48.7 Å². The summed E-state index contributed by atoms with van der Waals surface area (Å²) in [6.07, 6.45) is 1.00. The van der Waals surface area contributed by atoms with Crippen LogP contribution in [0.4, 0.5) is 0 Å². The number of rotatable bonds is 8. The number of nitrogens with zero attached hydrogens (tertiary/aromatic N) is 3. The smallest absolute Gasteiger partial charge is 0.191 e. The first-order chi connectivity index (χ1) is 14.2. The van der Waals surface area contributed by atoms with Crippen LogP contribution in [0, 0.1) is 0 Å². The summed E-state index contributed by atoms with van der Waals surface area (Å²) >= 11 is 0. The van der Waals surface area contributed by atoms with E-state index in [0.29, 0.717) is 18.9 Å². The number of hydrogen-bond donors (Lipinski definition) is 3. The molecule has 0 aliphatic carbocycles. The summed E-state index contributed by atoms with van der Waals surface area (Å²) in [6, 6.07) is 16.1. The van der Waals surface area contributed by atoms with Crippen LogP contribution in [-0.4, -0.2) is 34.8 Å². The van der Waals surface area contributed by atoms with Gasteiger partial charge in [-0.3, -0.25) is 5.10 Å². The maximum atomic E-state index is 5.19. The molecule has 160 valence electrons. The van der Waals surface area contributed by atoms with E-state index in [2.05, 4.69) is 57.0 Å². The second-order valence-corrected chi connectivity index (χ2v) is 6.51. The number of H-pyrrole nitrogens is 1. The third kappa shape index (κ3) is 6.45. The van der Waals surface area contributed by atoms with Gasteiger partial charge in [0, 0.05) is 12.1 Å². The number of ether oxygens (including phenoxy) is 1. The largest absolute Gasteiger partial charge is 0.497 e. The van der Waals surface area contributed by atoms with Crippen molar-refractivity contribution < 1.29 is 4.74 Å². The lowest BCUT2D eigenvalue weighted by Gasteiger charge is -2.11. The minimum absolute atomic E-state index is 0. The van der Waals surface area contributed by atoms with Gasteiger partial charge < -0.3 is 15.4 Å². The van der Waals surface area contributed by atoms with Crippen LogP contribution in [0.5, 0.6) is 5.75 Å². The highest BCUT2D eigenvalue weighted by Crippen LogP contribution is 2.18. The zero-order chi connectivity index (χ0) is 20.5. The number of aryl methyl sites for hydroxylation is 1. The highest BCUT2D eigenvalue weighted by Gasteiger charge is 2.07. The Morgan fingerprint density at radius 3 is 2.43 bits per heavy atom. The van der Waals surface area contributed by atoms with E-state index in [9.17, 15) is 0 Å². The van der Waals surface area contributed by atoms with E-state index in [1.807, 2.05) is 31.2 Å². The van der Waals surface area contributed by atoms with E-state index in [4.69, 9.17) is 9.73 Å². The van der Waals surface area contributed by atoms with Gasteiger partial charge in [-0.15, -0.1) is 24.0 Å². The number of aliphatic imine (C=N–C) groups is 1. The average molecular weight is 520 g/mol. The van der Waals surface area contributed by atoms with Crippen molar-refractivity contribution in [2.24, 2.45) is 4.99 Å². The molecular weight excluding hydrogens is 491 g/mol. The second-order valence-electron chi connectivity index (χ2n) is 6.51. The predicted octanol–water partition coefficient (Wildman–Crippen LogP) is 3.92. The van der Waals surface area contributed by atoms with E-state index >= 15 is 0 Å². The molecule has 30 heavy (non-hydrogen) atoms. The first-order valence-electron chi connectivity index (χ1n) is 9.88. The number of aromatic nitrogens is 3. The van der Waals surface area contributed by atoms with Gasteiger partial charge in [0.1, 0.15) is 11.6 Å². The maximum Gasteiger partial charge on any atom is 0.191 e. The highest BCUT2D eigenvalue weighted by atomic mass is 127. The van der Waals surface area contributed by atoms with Crippen molar-refractivity contribution in [2.75, 3.05) is 13.7 Å². The summed E-state index contributed by atoms with van der Waals surface area (Å²) in [4.78, 5) is 9.27. The molecule has 1 heterocycles. The SMILES string of the molecule is CCNC(=NCc1ccccc1CC)NCc1nc(-c2ccc(OC)cc2)n[nH]1.I. The van der Waals surface area contributed by atoms with Crippen molar-refractivity contribution in [2.45, 2.75) is 33.4 Å². The summed E-state index contributed by atoms with van der Waals surface area (Å²) in [7, 11) is 1.65. The third-order valence-electron chi connectivity index (χ3n) is 4.55. The van der Waals surface area contributed by atoms with Crippen LogP contribution in [0.3, 0.4) is 0 Å². The molecular formula is C22H29IN6O. The maximum absolute atomic E-state index is 5.19. The Labute approximate surface area is 194 Å². The molecule has 0 aliphatic rings. The molecule has 1 aromatic heterocycles. The van der Waals surface area contributed by atoms with Gasteiger partial charge in [0.2, 0.25) is 0 Å². The van der Waals surface area contributed by atoms with Gasteiger partial charge in [-0.2, -0.15) is 5.10 Å². The molecule has 0 aliphatic heterocycles. The van der Waals surface area contributed by atoms with E-state index in [-0.39, 0.29) is 24.0 Å². The van der Waals surface area contributed by atoms with E-state index < -0.39 is 0 Å². The number of guanidine groups is 1. The number of methoxy groups -OCH3 is 1. The summed E-state index contributed by atoms with van der Waals surface area (Å²) in [5.41, 5.74) is 3.50. The molecule has 3 aromatic rings. The van der Waals surface area contributed by atoms with Gasteiger partial charge in [-0.25, -0.2) is 9.98 Å². The van der Waals surface area contributed by atoms with Crippen molar-refractivity contribution >= 4 is 29.9 Å². The van der Waals surface area contributed by atoms with Gasteiger partial charge in [0.25, 0.3) is 0 Å². The Hall–Kier alpha value is -2.62. The van der Waals surface area contributed by atoms with Crippen LogP contribution in [0.25, 0.3) is 11.4 Å². The summed E-state index contributed by atoms with van der Waals surface area (Å²) < 4.78 is 5.19. The molecule has 0 radical (unpaired) electrons. The van der Waals surface area contributed by atoms with Crippen LogP contribution in [0.1, 0.15) is 30.8 Å². The summed E-state index contributed by atoms with van der Waals surface area (Å²) in [6.45, 7) is 6.13. The van der Waals surface area contributed by atoms with Crippen molar-refractivity contribution in [1.29, 1.82) is 0 Å². The summed E-state index contributed by atoms with van der Waals surface area (Å²) in [5, 5.41) is 13.9. The fraction of sp³-hybridized carbons (Fsp3) is 0.318. The number of aromatic amines is 1.